The maximum absolute atomic E-state index is 13.2. The lowest BCUT2D eigenvalue weighted by molar-refractivity contribution is 0.572. The SMILES string of the molecule is CNC(c1cc(F)cc(F)c1)c1ccc(C)s1. The van der Waals surface area contributed by atoms with Gasteiger partial charge in [0.15, 0.2) is 0 Å². The van der Waals surface area contributed by atoms with Crippen molar-refractivity contribution >= 4 is 11.3 Å². The quantitative estimate of drug-likeness (QED) is 0.880. The summed E-state index contributed by atoms with van der Waals surface area (Å²) in [6.07, 6.45) is 0. The summed E-state index contributed by atoms with van der Waals surface area (Å²) in [6.45, 7) is 2.01. The second-order valence-electron chi connectivity index (χ2n) is 3.87. The summed E-state index contributed by atoms with van der Waals surface area (Å²) >= 11 is 1.62. The van der Waals surface area contributed by atoms with E-state index in [9.17, 15) is 8.78 Å². The molecule has 90 valence electrons. The molecule has 1 aromatic heterocycles. The molecule has 2 rings (SSSR count). The Morgan fingerprint density at radius 3 is 2.24 bits per heavy atom. The van der Waals surface area contributed by atoms with Crippen molar-refractivity contribution in [2.75, 3.05) is 7.05 Å². The maximum Gasteiger partial charge on any atom is 0.126 e. The third-order valence-corrected chi connectivity index (χ3v) is 3.62. The van der Waals surface area contributed by atoms with Crippen molar-refractivity contribution in [1.29, 1.82) is 0 Å². The zero-order valence-corrected chi connectivity index (χ0v) is 10.4. The fourth-order valence-electron chi connectivity index (χ4n) is 1.82. The van der Waals surface area contributed by atoms with Crippen molar-refractivity contribution < 1.29 is 8.78 Å². The normalized spacial score (nSPS) is 12.7. The summed E-state index contributed by atoms with van der Waals surface area (Å²) < 4.78 is 26.4. The molecule has 1 nitrogen and oxygen atoms in total. The Bertz CT molecular complexity index is 502. The predicted molar refractivity (Wildman–Crippen MR) is 66.3 cm³/mol. The summed E-state index contributed by atoms with van der Waals surface area (Å²) in [5.41, 5.74) is 0.604. The second kappa shape index (κ2) is 4.94. The van der Waals surface area contributed by atoms with Gasteiger partial charge in [-0.05, 0) is 43.8 Å². The van der Waals surface area contributed by atoms with Gasteiger partial charge in [-0.1, -0.05) is 0 Å². The molecule has 0 saturated carbocycles. The van der Waals surface area contributed by atoms with Crippen LogP contribution in [0.4, 0.5) is 8.78 Å². The van der Waals surface area contributed by atoms with E-state index in [4.69, 9.17) is 0 Å². The van der Waals surface area contributed by atoms with E-state index in [2.05, 4.69) is 5.32 Å². The molecule has 1 heterocycles. The molecule has 1 aromatic carbocycles. The average Bonchev–Trinajstić information content (AvgIpc) is 2.64. The second-order valence-corrected chi connectivity index (χ2v) is 5.19. The van der Waals surface area contributed by atoms with Gasteiger partial charge in [-0.2, -0.15) is 0 Å². The molecular formula is C13H13F2NS. The van der Waals surface area contributed by atoms with Gasteiger partial charge in [-0.25, -0.2) is 8.78 Å². The largest absolute Gasteiger partial charge is 0.309 e. The predicted octanol–water partition coefficient (Wildman–Crippen LogP) is 3.64. The highest BCUT2D eigenvalue weighted by molar-refractivity contribution is 7.12. The molecule has 0 radical (unpaired) electrons. The first-order chi connectivity index (χ1) is 8.10. The van der Waals surface area contributed by atoms with Gasteiger partial charge in [0.1, 0.15) is 11.6 Å². The van der Waals surface area contributed by atoms with Crippen LogP contribution in [0.25, 0.3) is 0 Å². The highest BCUT2D eigenvalue weighted by Crippen LogP contribution is 2.28. The Balaban J connectivity index is 2.41. The van der Waals surface area contributed by atoms with Crippen molar-refractivity contribution in [3.8, 4) is 0 Å². The lowest BCUT2D eigenvalue weighted by Gasteiger charge is -2.15. The minimum atomic E-state index is -0.548. The Morgan fingerprint density at radius 1 is 1.12 bits per heavy atom. The van der Waals surface area contributed by atoms with Crippen LogP contribution in [0.3, 0.4) is 0 Å². The molecule has 1 N–H and O–H groups in total. The van der Waals surface area contributed by atoms with Gasteiger partial charge in [-0.15, -0.1) is 11.3 Å². The van der Waals surface area contributed by atoms with Gasteiger partial charge in [0.2, 0.25) is 0 Å². The Labute approximate surface area is 103 Å². The van der Waals surface area contributed by atoms with Crippen LogP contribution in [-0.2, 0) is 0 Å². The van der Waals surface area contributed by atoms with E-state index < -0.39 is 11.6 Å². The fourth-order valence-corrected chi connectivity index (χ4v) is 2.84. The lowest BCUT2D eigenvalue weighted by atomic mass is 10.1. The Kier molecular flexibility index (Phi) is 3.54. The minimum Gasteiger partial charge on any atom is -0.309 e. The summed E-state index contributed by atoms with van der Waals surface area (Å²) in [7, 11) is 1.78. The first-order valence-electron chi connectivity index (χ1n) is 5.29. The van der Waals surface area contributed by atoms with E-state index in [0.717, 1.165) is 10.9 Å². The van der Waals surface area contributed by atoms with E-state index in [1.165, 1.54) is 17.0 Å². The van der Waals surface area contributed by atoms with Crippen LogP contribution in [-0.4, -0.2) is 7.05 Å². The van der Waals surface area contributed by atoms with Crippen LogP contribution in [0.2, 0.25) is 0 Å². The van der Waals surface area contributed by atoms with Crippen LogP contribution in [0.15, 0.2) is 30.3 Å². The standard InChI is InChI=1S/C13H13F2NS/c1-8-3-4-12(17-8)13(16-2)9-5-10(14)7-11(15)6-9/h3-7,13,16H,1-2H3. The monoisotopic (exact) mass is 253 g/mol. The molecule has 0 aliphatic heterocycles. The van der Waals surface area contributed by atoms with E-state index in [0.29, 0.717) is 5.56 Å². The maximum atomic E-state index is 13.2. The third kappa shape index (κ3) is 2.70. The molecule has 0 bridgehead atoms. The van der Waals surface area contributed by atoms with Gasteiger partial charge in [0.25, 0.3) is 0 Å². The molecule has 0 saturated heterocycles. The van der Waals surface area contributed by atoms with Gasteiger partial charge in [-0.3, -0.25) is 0 Å². The van der Waals surface area contributed by atoms with Crippen LogP contribution in [0.5, 0.6) is 0 Å². The molecular weight excluding hydrogens is 240 g/mol. The number of hydrogen-bond acceptors (Lipinski definition) is 2. The summed E-state index contributed by atoms with van der Waals surface area (Å²) in [4.78, 5) is 2.23. The zero-order valence-electron chi connectivity index (χ0n) is 9.63. The van der Waals surface area contributed by atoms with Crippen molar-refractivity contribution in [1.82, 2.24) is 5.32 Å². The highest BCUT2D eigenvalue weighted by atomic mass is 32.1. The van der Waals surface area contributed by atoms with E-state index in [1.54, 1.807) is 18.4 Å². The first kappa shape index (κ1) is 12.2. The van der Waals surface area contributed by atoms with Gasteiger partial charge in [0, 0.05) is 15.8 Å². The number of halogens is 2. The lowest BCUT2D eigenvalue weighted by Crippen LogP contribution is -2.16. The number of thiophene rings is 1. The minimum absolute atomic E-state index is 0.168. The van der Waals surface area contributed by atoms with Crippen molar-refractivity contribution in [3.63, 3.8) is 0 Å². The Morgan fingerprint density at radius 2 is 1.76 bits per heavy atom. The molecule has 0 spiro atoms. The molecule has 0 amide bonds. The third-order valence-electron chi connectivity index (χ3n) is 2.55. The van der Waals surface area contributed by atoms with E-state index in [-0.39, 0.29) is 6.04 Å². The van der Waals surface area contributed by atoms with E-state index >= 15 is 0 Å². The number of benzene rings is 1. The average molecular weight is 253 g/mol. The molecule has 0 aliphatic rings. The molecule has 2 aromatic rings. The molecule has 4 heteroatoms. The molecule has 1 unspecified atom stereocenters. The summed E-state index contributed by atoms with van der Waals surface area (Å²) in [5.74, 6) is -1.10. The number of hydrogen-bond donors (Lipinski definition) is 1. The summed E-state index contributed by atoms with van der Waals surface area (Å²) in [5, 5.41) is 3.08. The zero-order chi connectivity index (χ0) is 12.4. The van der Waals surface area contributed by atoms with Crippen LogP contribution < -0.4 is 5.32 Å². The van der Waals surface area contributed by atoms with Crippen LogP contribution >= 0.6 is 11.3 Å². The summed E-state index contributed by atoms with van der Waals surface area (Å²) in [6, 6.07) is 7.41. The molecule has 0 fully saturated rings. The Hall–Kier alpha value is -1.26. The fraction of sp³-hybridized carbons (Fsp3) is 0.231. The number of aryl methyl sites for hydroxylation is 1. The van der Waals surface area contributed by atoms with Crippen LogP contribution in [0.1, 0.15) is 21.4 Å². The number of rotatable bonds is 3. The van der Waals surface area contributed by atoms with Gasteiger partial charge in [0.05, 0.1) is 6.04 Å². The first-order valence-corrected chi connectivity index (χ1v) is 6.11. The smallest absolute Gasteiger partial charge is 0.126 e. The topological polar surface area (TPSA) is 12.0 Å². The van der Waals surface area contributed by atoms with Crippen molar-refractivity contribution in [2.24, 2.45) is 0 Å². The highest BCUT2D eigenvalue weighted by Gasteiger charge is 2.15. The van der Waals surface area contributed by atoms with Crippen LogP contribution in [0, 0.1) is 18.6 Å². The molecule has 17 heavy (non-hydrogen) atoms. The van der Waals surface area contributed by atoms with Crippen molar-refractivity contribution in [2.45, 2.75) is 13.0 Å². The molecule has 0 aliphatic carbocycles. The van der Waals surface area contributed by atoms with E-state index in [1.807, 2.05) is 19.1 Å². The van der Waals surface area contributed by atoms with Gasteiger partial charge >= 0.3 is 0 Å². The van der Waals surface area contributed by atoms with Crippen molar-refractivity contribution in [3.05, 3.63) is 57.3 Å². The van der Waals surface area contributed by atoms with Gasteiger partial charge < -0.3 is 5.32 Å². The number of nitrogens with one attached hydrogen (secondary N) is 1. The molecule has 1 atom stereocenters.